The van der Waals surface area contributed by atoms with E-state index in [-0.39, 0.29) is 11.9 Å². The van der Waals surface area contributed by atoms with E-state index in [1.807, 2.05) is 24.3 Å². The van der Waals surface area contributed by atoms with Crippen LogP contribution >= 0.6 is 0 Å². The third-order valence-electron chi connectivity index (χ3n) is 6.64. The molecular weight excluding hydrogens is 404 g/mol. The molecule has 7 nitrogen and oxygen atoms in total. The van der Waals surface area contributed by atoms with Crippen LogP contribution in [0.4, 0.5) is 10.6 Å². The molecular formula is C25H32N4O3. The molecule has 1 aromatic carbocycles. The summed E-state index contributed by atoms with van der Waals surface area (Å²) in [5, 5.41) is 15.9. The Morgan fingerprint density at radius 3 is 2.94 bits per heavy atom. The Hall–Kier alpha value is -3.09. The highest BCUT2D eigenvalue weighted by atomic mass is 16.4. The lowest BCUT2D eigenvalue weighted by molar-refractivity contribution is -0.141. The first kappa shape index (κ1) is 22.1. The van der Waals surface area contributed by atoms with Gasteiger partial charge in [0, 0.05) is 31.9 Å². The van der Waals surface area contributed by atoms with E-state index in [2.05, 4.69) is 22.8 Å². The molecule has 170 valence electrons. The summed E-state index contributed by atoms with van der Waals surface area (Å²) in [5.41, 5.74) is 4.40. The lowest BCUT2D eigenvalue weighted by atomic mass is 9.83. The molecule has 1 aromatic heterocycles. The van der Waals surface area contributed by atoms with Gasteiger partial charge in [-0.2, -0.15) is 0 Å². The molecule has 4 rings (SSSR count). The molecule has 3 N–H and O–H groups in total. The molecule has 2 aliphatic heterocycles. The number of hydrogen-bond donors (Lipinski definition) is 3. The van der Waals surface area contributed by atoms with Crippen molar-refractivity contribution >= 4 is 17.8 Å². The molecule has 0 bridgehead atoms. The Balaban J connectivity index is 1.31. The number of nitrogens with one attached hydrogen (secondary N) is 2. The van der Waals surface area contributed by atoms with E-state index in [0.29, 0.717) is 26.1 Å². The predicted molar refractivity (Wildman–Crippen MR) is 124 cm³/mol. The molecule has 2 aliphatic rings. The highest BCUT2D eigenvalue weighted by Gasteiger charge is 2.31. The Labute approximate surface area is 189 Å². The van der Waals surface area contributed by atoms with Crippen molar-refractivity contribution in [3.63, 3.8) is 0 Å². The average molecular weight is 437 g/mol. The van der Waals surface area contributed by atoms with Crippen molar-refractivity contribution in [1.29, 1.82) is 0 Å². The Kier molecular flexibility index (Phi) is 6.93. The maximum absolute atomic E-state index is 12.8. The first-order valence-electron chi connectivity index (χ1n) is 11.6. The molecule has 2 unspecified atom stereocenters. The van der Waals surface area contributed by atoms with Crippen LogP contribution < -0.4 is 10.6 Å². The zero-order chi connectivity index (χ0) is 22.5. The molecule has 0 aliphatic carbocycles. The van der Waals surface area contributed by atoms with E-state index in [4.69, 9.17) is 4.98 Å². The van der Waals surface area contributed by atoms with E-state index in [9.17, 15) is 14.7 Å². The van der Waals surface area contributed by atoms with Gasteiger partial charge in [-0.25, -0.2) is 9.78 Å². The number of hydrogen-bond acceptors (Lipinski definition) is 4. The number of carboxylic acids is 1. The average Bonchev–Trinajstić information content (AvgIpc) is 3.01. The Morgan fingerprint density at radius 1 is 1.25 bits per heavy atom. The van der Waals surface area contributed by atoms with Crippen LogP contribution in [0.15, 0.2) is 36.4 Å². The number of urea groups is 1. The number of carboxylic acid groups (broad SMARTS) is 1. The summed E-state index contributed by atoms with van der Waals surface area (Å²) in [5.74, 6) is -0.372. The summed E-state index contributed by atoms with van der Waals surface area (Å²) < 4.78 is 0. The van der Waals surface area contributed by atoms with Crippen molar-refractivity contribution in [3.8, 4) is 0 Å². The zero-order valence-electron chi connectivity index (χ0n) is 18.6. The number of aromatic nitrogens is 1. The molecule has 2 atom stereocenters. The molecule has 0 radical (unpaired) electrons. The highest BCUT2D eigenvalue weighted by molar-refractivity contribution is 5.75. The number of aryl methyl sites for hydroxylation is 2. The van der Waals surface area contributed by atoms with Crippen LogP contribution in [0.3, 0.4) is 0 Å². The summed E-state index contributed by atoms with van der Waals surface area (Å²) in [7, 11) is 0. The second-order valence-corrected chi connectivity index (χ2v) is 8.82. The molecule has 0 fully saturated rings. The molecule has 2 aromatic rings. The first-order valence-corrected chi connectivity index (χ1v) is 11.6. The number of amides is 2. The van der Waals surface area contributed by atoms with Gasteiger partial charge in [-0.3, -0.25) is 4.79 Å². The molecule has 32 heavy (non-hydrogen) atoms. The van der Waals surface area contributed by atoms with E-state index in [1.54, 1.807) is 11.8 Å². The number of fused-ring (bicyclic) bond motifs is 2. The van der Waals surface area contributed by atoms with Crippen LogP contribution in [0.5, 0.6) is 0 Å². The van der Waals surface area contributed by atoms with Crippen LogP contribution in [0.25, 0.3) is 0 Å². The second-order valence-electron chi connectivity index (χ2n) is 8.82. The number of aliphatic carboxylic acids is 1. The van der Waals surface area contributed by atoms with Crippen molar-refractivity contribution < 1.29 is 14.7 Å². The third-order valence-corrected chi connectivity index (χ3v) is 6.64. The van der Waals surface area contributed by atoms with Crippen molar-refractivity contribution in [2.75, 3.05) is 25.0 Å². The summed E-state index contributed by atoms with van der Waals surface area (Å²) in [6, 6.07) is 12.0. The Bertz CT molecular complexity index is 977. The monoisotopic (exact) mass is 436 g/mol. The minimum Gasteiger partial charge on any atom is -0.481 e. The molecule has 7 heteroatoms. The van der Waals surface area contributed by atoms with E-state index >= 15 is 0 Å². The minimum atomic E-state index is -0.798. The van der Waals surface area contributed by atoms with Gasteiger partial charge in [-0.05, 0) is 60.8 Å². The second kappa shape index (κ2) is 10.0. The maximum atomic E-state index is 12.8. The summed E-state index contributed by atoms with van der Waals surface area (Å²) in [6.45, 7) is 4.36. The smallest absolute Gasteiger partial charge is 0.317 e. The van der Waals surface area contributed by atoms with Crippen molar-refractivity contribution in [2.45, 2.75) is 51.5 Å². The van der Waals surface area contributed by atoms with Gasteiger partial charge in [0.2, 0.25) is 0 Å². The SMILES string of the molecule is CC(C(=O)O)C1CCN(C(=O)NCCCc2ccc3c(n2)NCCC3)Cc2ccccc21. The first-order chi connectivity index (χ1) is 15.5. The largest absolute Gasteiger partial charge is 0.481 e. The fourth-order valence-electron chi connectivity index (χ4n) is 4.72. The number of rotatable bonds is 6. The van der Waals surface area contributed by atoms with E-state index < -0.39 is 11.9 Å². The molecule has 3 heterocycles. The van der Waals surface area contributed by atoms with Crippen molar-refractivity contribution in [2.24, 2.45) is 5.92 Å². The summed E-state index contributed by atoms with van der Waals surface area (Å²) >= 11 is 0. The van der Waals surface area contributed by atoms with Crippen LogP contribution in [0, 0.1) is 5.92 Å². The van der Waals surface area contributed by atoms with E-state index in [0.717, 1.165) is 54.9 Å². The standard InChI is InChI=1S/C25H32N4O3/c1-17(24(30)31)21-12-15-29(16-19-6-2-3-9-22(19)21)25(32)27-14-5-8-20-11-10-18-7-4-13-26-23(18)28-20/h2-3,6,9-11,17,21H,4-5,7-8,12-16H2,1H3,(H,26,28)(H,27,32)(H,30,31). The van der Waals surface area contributed by atoms with Gasteiger partial charge in [-0.15, -0.1) is 0 Å². The van der Waals surface area contributed by atoms with Gasteiger partial charge in [0.15, 0.2) is 0 Å². The highest BCUT2D eigenvalue weighted by Crippen LogP contribution is 2.34. The van der Waals surface area contributed by atoms with E-state index in [1.165, 1.54) is 5.56 Å². The number of carbonyl (C=O) groups excluding carboxylic acids is 1. The van der Waals surface area contributed by atoms with Crippen LogP contribution in [-0.4, -0.2) is 46.6 Å². The van der Waals surface area contributed by atoms with Crippen LogP contribution in [-0.2, 0) is 24.2 Å². The van der Waals surface area contributed by atoms with Crippen LogP contribution in [0.2, 0.25) is 0 Å². The fraction of sp³-hybridized carbons (Fsp3) is 0.480. The number of pyridine rings is 1. The quantitative estimate of drug-likeness (QED) is 0.599. The molecule has 0 spiro atoms. The number of carbonyl (C=O) groups is 2. The fourth-order valence-corrected chi connectivity index (χ4v) is 4.72. The van der Waals surface area contributed by atoms with Crippen molar-refractivity contribution in [3.05, 3.63) is 58.8 Å². The molecule has 0 saturated heterocycles. The lowest BCUT2D eigenvalue weighted by Crippen LogP contribution is -2.40. The third kappa shape index (κ3) is 5.03. The van der Waals surface area contributed by atoms with Gasteiger partial charge < -0.3 is 20.6 Å². The van der Waals surface area contributed by atoms with Gasteiger partial charge in [0.1, 0.15) is 5.82 Å². The van der Waals surface area contributed by atoms with Gasteiger partial charge in [-0.1, -0.05) is 37.3 Å². The molecule has 2 amide bonds. The summed E-state index contributed by atoms with van der Waals surface area (Å²) in [4.78, 5) is 31.0. The van der Waals surface area contributed by atoms with Crippen molar-refractivity contribution in [1.82, 2.24) is 15.2 Å². The topological polar surface area (TPSA) is 94.6 Å². The van der Waals surface area contributed by atoms with Crippen LogP contribution in [0.1, 0.15) is 54.5 Å². The van der Waals surface area contributed by atoms with Gasteiger partial charge in [0.25, 0.3) is 0 Å². The van der Waals surface area contributed by atoms with Gasteiger partial charge >= 0.3 is 12.0 Å². The normalized spacial score (nSPS) is 18.5. The number of nitrogens with zero attached hydrogens (tertiary/aromatic N) is 2. The van der Waals surface area contributed by atoms with Gasteiger partial charge in [0.05, 0.1) is 5.92 Å². The zero-order valence-corrected chi connectivity index (χ0v) is 18.6. The lowest BCUT2D eigenvalue weighted by Gasteiger charge is -2.22. The molecule has 0 saturated carbocycles. The predicted octanol–water partition coefficient (Wildman–Crippen LogP) is 3.79. The minimum absolute atomic E-state index is 0.0924. The number of anilines is 1. The summed E-state index contributed by atoms with van der Waals surface area (Å²) in [6.07, 6.45) is 4.51. The Morgan fingerprint density at radius 2 is 2.09 bits per heavy atom. The maximum Gasteiger partial charge on any atom is 0.317 e. The number of benzene rings is 1.